The zero-order valence-corrected chi connectivity index (χ0v) is 11.0. The lowest BCUT2D eigenvalue weighted by molar-refractivity contribution is -0.137. The minimum Gasteiger partial charge on any atom is -0.267 e. The van der Waals surface area contributed by atoms with E-state index in [0.29, 0.717) is 0 Å². The highest BCUT2D eigenvalue weighted by atomic mass is 19.4. The molecule has 2 aromatic rings. The van der Waals surface area contributed by atoms with Crippen LogP contribution in [0.4, 0.5) is 13.2 Å². The van der Waals surface area contributed by atoms with E-state index in [9.17, 15) is 22.8 Å². The molecule has 1 aromatic carbocycles. The molecule has 114 valence electrons. The summed E-state index contributed by atoms with van der Waals surface area (Å²) in [6, 6.07) is 8.82. The van der Waals surface area contributed by atoms with Crippen LogP contribution in [0.25, 0.3) is 0 Å². The van der Waals surface area contributed by atoms with Gasteiger partial charge >= 0.3 is 6.18 Å². The summed E-state index contributed by atoms with van der Waals surface area (Å²) in [7, 11) is 0. The van der Waals surface area contributed by atoms with E-state index < -0.39 is 29.1 Å². The van der Waals surface area contributed by atoms with Gasteiger partial charge in [-0.25, -0.2) is 0 Å². The van der Waals surface area contributed by atoms with Crippen LogP contribution in [0.1, 0.15) is 26.4 Å². The SMILES string of the molecule is O=C(NNC(=O)c1ccccc1C(F)(F)F)c1ccccn1. The van der Waals surface area contributed by atoms with Crippen molar-refractivity contribution < 1.29 is 22.8 Å². The summed E-state index contributed by atoms with van der Waals surface area (Å²) >= 11 is 0. The van der Waals surface area contributed by atoms with E-state index >= 15 is 0 Å². The second-order valence-corrected chi connectivity index (χ2v) is 4.17. The average Bonchev–Trinajstić information content (AvgIpc) is 2.52. The van der Waals surface area contributed by atoms with Gasteiger partial charge < -0.3 is 0 Å². The summed E-state index contributed by atoms with van der Waals surface area (Å²) in [5, 5.41) is 0. The fraction of sp³-hybridized carbons (Fsp3) is 0.0714. The van der Waals surface area contributed by atoms with Crippen molar-refractivity contribution in [1.82, 2.24) is 15.8 Å². The maximum absolute atomic E-state index is 12.8. The molecule has 0 fully saturated rings. The van der Waals surface area contributed by atoms with Crippen molar-refractivity contribution in [3.63, 3.8) is 0 Å². The lowest BCUT2D eigenvalue weighted by Crippen LogP contribution is -2.42. The topological polar surface area (TPSA) is 71.1 Å². The van der Waals surface area contributed by atoms with Gasteiger partial charge in [0.25, 0.3) is 11.8 Å². The van der Waals surface area contributed by atoms with Gasteiger partial charge in [0.1, 0.15) is 5.69 Å². The maximum atomic E-state index is 12.8. The Balaban J connectivity index is 2.09. The number of amides is 2. The Morgan fingerprint density at radius 1 is 0.909 bits per heavy atom. The third-order valence-corrected chi connectivity index (χ3v) is 2.66. The molecule has 0 spiro atoms. The molecule has 0 aliphatic rings. The molecule has 5 nitrogen and oxygen atoms in total. The van der Waals surface area contributed by atoms with E-state index in [1.165, 1.54) is 24.4 Å². The number of rotatable bonds is 2. The minimum atomic E-state index is -4.67. The van der Waals surface area contributed by atoms with E-state index in [1.54, 1.807) is 12.1 Å². The number of hydrazine groups is 1. The maximum Gasteiger partial charge on any atom is 0.417 e. The number of hydrogen-bond acceptors (Lipinski definition) is 3. The number of hydrogen-bond donors (Lipinski definition) is 2. The van der Waals surface area contributed by atoms with Crippen molar-refractivity contribution in [2.45, 2.75) is 6.18 Å². The number of nitrogens with zero attached hydrogens (tertiary/aromatic N) is 1. The van der Waals surface area contributed by atoms with E-state index in [1.807, 2.05) is 10.9 Å². The summed E-state index contributed by atoms with van der Waals surface area (Å²) in [5.74, 6) is -1.81. The Morgan fingerprint density at radius 3 is 2.18 bits per heavy atom. The first-order chi connectivity index (χ1) is 10.4. The number of benzene rings is 1. The Morgan fingerprint density at radius 2 is 1.55 bits per heavy atom. The number of alkyl halides is 3. The number of nitrogens with one attached hydrogen (secondary N) is 2. The van der Waals surface area contributed by atoms with Crippen molar-refractivity contribution in [2.24, 2.45) is 0 Å². The Kier molecular flexibility index (Phi) is 4.40. The van der Waals surface area contributed by atoms with Gasteiger partial charge in [-0.2, -0.15) is 13.2 Å². The van der Waals surface area contributed by atoms with Crippen molar-refractivity contribution in [2.75, 3.05) is 0 Å². The molecule has 0 bridgehead atoms. The van der Waals surface area contributed by atoms with Gasteiger partial charge in [0.2, 0.25) is 0 Å². The van der Waals surface area contributed by atoms with Crippen molar-refractivity contribution in [3.05, 3.63) is 65.5 Å². The van der Waals surface area contributed by atoms with Crippen molar-refractivity contribution in [3.8, 4) is 0 Å². The monoisotopic (exact) mass is 309 g/mol. The van der Waals surface area contributed by atoms with Crippen LogP contribution in [0.15, 0.2) is 48.7 Å². The van der Waals surface area contributed by atoms with Crippen LogP contribution >= 0.6 is 0 Å². The van der Waals surface area contributed by atoms with Crippen LogP contribution in [0.5, 0.6) is 0 Å². The van der Waals surface area contributed by atoms with E-state index in [0.717, 1.165) is 12.1 Å². The highest BCUT2D eigenvalue weighted by Gasteiger charge is 2.34. The molecule has 0 aliphatic carbocycles. The number of carbonyl (C=O) groups is 2. The fourth-order valence-electron chi connectivity index (χ4n) is 1.67. The van der Waals surface area contributed by atoms with Crippen molar-refractivity contribution in [1.29, 1.82) is 0 Å². The molecule has 2 rings (SSSR count). The Hall–Kier alpha value is -2.90. The molecule has 2 amide bonds. The molecule has 0 atom stereocenters. The summed E-state index contributed by atoms with van der Waals surface area (Å²) in [5.41, 5.74) is 2.29. The lowest BCUT2D eigenvalue weighted by atomic mass is 10.1. The number of pyridine rings is 1. The standard InChI is InChI=1S/C14H10F3N3O2/c15-14(16,17)10-6-2-1-5-9(10)12(21)19-20-13(22)11-7-3-4-8-18-11/h1-8H,(H,19,21)(H,20,22). The molecule has 1 aromatic heterocycles. The third kappa shape index (κ3) is 3.60. The van der Waals surface area contributed by atoms with Crippen LogP contribution in [-0.2, 0) is 6.18 Å². The van der Waals surface area contributed by atoms with Gasteiger partial charge in [-0.15, -0.1) is 0 Å². The van der Waals surface area contributed by atoms with Crippen molar-refractivity contribution >= 4 is 11.8 Å². The molecule has 1 heterocycles. The quantitative estimate of drug-likeness (QED) is 0.835. The number of carbonyl (C=O) groups excluding carboxylic acids is 2. The predicted octanol–water partition coefficient (Wildman–Crippen LogP) is 2.18. The van der Waals surface area contributed by atoms with E-state index in [2.05, 4.69) is 4.98 Å². The summed E-state index contributed by atoms with van der Waals surface area (Å²) < 4.78 is 38.4. The first-order valence-electron chi connectivity index (χ1n) is 6.07. The summed E-state index contributed by atoms with van der Waals surface area (Å²) in [4.78, 5) is 27.2. The molecule has 0 unspecified atom stereocenters. The molecule has 0 aliphatic heterocycles. The smallest absolute Gasteiger partial charge is 0.267 e. The minimum absolute atomic E-state index is 0.0203. The normalized spacial score (nSPS) is 10.9. The molecule has 0 radical (unpaired) electrons. The van der Waals surface area contributed by atoms with E-state index in [4.69, 9.17) is 0 Å². The predicted molar refractivity (Wildman–Crippen MR) is 70.6 cm³/mol. The van der Waals surface area contributed by atoms with E-state index in [-0.39, 0.29) is 5.69 Å². The Bertz CT molecular complexity index is 687. The first-order valence-corrected chi connectivity index (χ1v) is 6.07. The number of aromatic nitrogens is 1. The van der Waals surface area contributed by atoms with Gasteiger partial charge in [-0.1, -0.05) is 18.2 Å². The van der Waals surface area contributed by atoms with Gasteiger partial charge in [0.15, 0.2) is 0 Å². The summed E-state index contributed by atoms with van der Waals surface area (Å²) in [6.45, 7) is 0. The van der Waals surface area contributed by atoms with Gasteiger partial charge in [-0.05, 0) is 24.3 Å². The molecular formula is C14H10F3N3O2. The van der Waals surface area contributed by atoms with Crippen LogP contribution < -0.4 is 10.9 Å². The molecule has 8 heteroatoms. The molecular weight excluding hydrogens is 299 g/mol. The molecule has 2 N–H and O–H groups in total. The van der Waals surface area contributed by atoms with Gasteiger partial charge in [0.05, 0.1) is 11.1 Å². The van der Waals surface area contributed by atoms with Gasteiger partial charge in [0, 0.05) is 6.20 Å². The second kappa shape index (κ2) is 6.25. The van der Waals surface area contributed by atoms with Crippen LogP contribution in [0.2, 0.25) is 0 Å². The zero-order valence-electron chi connectivity index (χ0n) is 11.0. The fourth-order valence-corrected chi connectivity index (χ4v) is 1.67. The zero-order chi connectivity index (χ0) is 16.2. The highest BCUT2D eigenvalue weighted by Crippen LogP contribution is 2.31. The number of halogens is 3. The Labute approximate surface area is 123 Å². The first kappa shape index (κ1) is 15.5. The van der Waals surface area contributed by atoms with Crippen LogP contribution in [-0.4, -0.2) is 16.8 Å². The van der Waals surface area contributed by atoms with Gasteiger partial charge in [-0.3, -0.25) is 25.4 Å². The lowest BCUT2D eigenvalue weighted by Gasteiger charge is -2.12. The average molecular weight is 309 g/mol. The third-order valence-electron chi connectivity index (χ3n) is 2.66. The summed E-state index contributed by atoms with van der Waals surface area (Å²) in [6.07, 6.45) is -3.30. The molecule has 22 heavy (non-hydrogen) atoms. The largest absolute Gasteiger partial charge is 0.417 e. The highest BCUT2D eigenvalue weighted by molar-refractivity contribution is 5.99. The van der Waals surface area contributed by atoms with Crippen LogP contribution in [0.3, 0.4) is 0 Å². The molecule has 0 saturated carbocycles. The molecule has 0 saturated heterocycles. The van der Waals surface area contributed by atoms with Crippen LogP contribution in [0, 0.1) is 0 Å². The second-order valence-electron chi connectivity index (χ2n) is 4.17.